The highest BCUT2D eigenvalue weighted by atomic mass is 31.2. The van der Waals surface area contributed by atoms with Crippen LogP contribution in [-0.4, -0.2) is 69.4 Å². The first-order chi connectivity index (χ1) is 33.4. The van der Waals surface area contributed by atoms with Gasteiger partial charge in [0, 0.05) is 12.8 Å². The van der Waals surface area contributed by atoms with E-state index in [1.165, 1.54) is 186 Å². The van der Waals surface area contributed by atoms with E-state index >= 15 is 0 Å². The normalized spacial score (nSPS) is 14.0. The van der Waals surface area contributed by atoms with Crippen LogP contribution < -0.4 is 10.2 Å². The predicted octanol–water partition coefficient (Wildman–Crippen LogP) is 16.9. The lowest BCUT2D eigenvalue weighted by molar-refractivity contribution is -0.870. The zero-order valence-electron chi connectivity index (χ0n) is 46.3. The van der Waals surface area contributed by atoms with Gasteiger partial charge in [-0.05, 0) is 51.0 Å². The average molecular weight is 994 g/mol. The summed E-state index contributed by atoms with van der Waals surface area (Å²) in [6.07, 6.45) is 58.4. The predicted molar refractivity (Wildman–Crippen MR) is 293 cm³/mol. The molecular weight excluding hydrogens is 880 g/mol. The van der Waals surface area contributed by atoms with Crippen LogP contribution in [-0.2, 0) is 27.9 Å². The van der Waals surface area contributed by atoms with Crippen LogP contribution >= 0.6 is 7.82 Å². The third-order valence-corrected chi connectivity index (χ3v) is 14.1. The van der Waals surface area contributed by atoms with Gasteiger partial charge in [0.25, 0.3) is 7.82 Å². The smallest absolute Gasteiger partial charge is 0.306 e. The molecule has 3 atom stereocenters. The molecule has 0 saturated carbocycles. The quantitative estimate of drug-likeness (QED) is 0.0212. The Balaban J connectivity index is 5.38. The van der Waals surface area contributed by atoms with Gasteiger partial charge in [0.1, 0.15) is 19.3 Å². The summed E-state index contributed by atoms with van der Waals surface area (Å²) in [6.45, 7) is 6.81. The summed E-state index contributed by atoms with van der Waals surface area (Å²) in [4.78, 5) is 39.8. The number of nitrogens with zero attached hydrogens (tertiary/aromatic N) is 1. The molecule has 1 amide bonds. The highest BCUT2D eigenvalue weighted by Crippen LogP contribution is 2.38. The molecule has 0 aliphatic heterocycles. The maximum absolute atomic E-state index is 13.4. The van der Waals surface area contributed by atoms with E-state index in [4.69, 9.17) is 13.8 Å². The molecular formula is C59H113N2O7P. The number of phosphoric ester groups is 1. The molecule has 0 aliphatic carbocycles. The second-order valence-electron chi connectivity index (χ2n) is 21.2. The number of quaternary nitrogens is 1. The maximum atomic E-state index is 13.4. The molecule has 9 nitrogen and oxygen atoms in total. The molecule has 10 heteroatoms. The topological polar surface area (TPSA) is 114 Å². The first-order valence-corrected chi connectivity index (χ1v) is 30.8. The average Bonchev–Trinajstić information content (AvgIpc) is 3.31. The Kier molecular flexibility index (Phi) is 48.5. The summed E-state index contributed by atoms with van der Waals surface area (Å²) in [5, 5.41) is 2.98. The van der Waals surface area contributed by atoms with E-state index in [0.29, 0.717) is 17.4 Å². The van der Waals surface area contributed by atoms with Crippen molar-refractivity contribution >= 4 is 19.7 Å². The summed E-state index contributed by atoms with van der Waals surface area (Å²) < 4.78 is 30.2. The van der Waals surface area contributed by atoms with E-state index in [-0.39, 0.29) is 31.3 Å². The standard InChI is InChI=1S/C59H113N2O7P/c1-7-10-13-16-19-22-25-28-29-30-31-34-37-40-43-46-49-52-59(63)68-57(50-47-44-41-38-35-32-26-23-20-17-14-11-8-2)56(55-67-69(64,65)66-54-53-61(4,5)6)60-58(62)51-48-45-42-39-36-33-27-24-21-18-15-12-9-3/h33,36,42,45,47,50,56-57H,7-32,34-35,37-41,43-44,46,48-49,51-55H2,1-6H3,(H-,60,62,64,65)/b36-33-,45-42+,50-47+. The van der Waals surface area contributed by atoms with Crippen molar-refractivity contribution in [1.82, 2.24) is 5.32 Å². The minimum absolute atomic E-state index is 0.0293. The number of hydrogen-bond donors (Lipinski definition) is 1. The number of unbranched alkanes of at least 4 members (excludes halogenated alkanes) is 33. The first kappa shape index (κ1) is 67.2. The van der Waals surface area contributed by atoms with E-state index < -0.39 is 26.6 Å². The fourth-order valence-corrected chi connectivity index (χ4v) is 9.24. The molecule has 0 aromatic rings. The number of nitrogens with one attached hydrogen (secondary N) is 1. The lowest BCUT2D eigenvalue weighted by atomic mass is 10.0. The SMILES string of the molecule is CCCCCCCC/C=C\C/C=C/CCC(=O)NC(COP(=O)([O-])OCC[N+](C)(C)C)C(/C=C/CCCCCCCCCCCCC)OC(=O)CCCCCCCCCCCCCCCCCCC. The maximum Gasteiger partial charge on any atom is 0.306 e. The summed E-state index contributed by atoms with van der Waals surface area (Å²) in [5.41, 5.74) is 0. The van der Waals surface area contributed by atoms with Crippen molar-refractivity contribution in [3.05, 3.63) is 36.5 Å². The van der Waals surface area contributed by atoms with Crippen LogP contribution in [0.3, 0.4) is 0 Å². The third-order valence-electron chi connectivity index (χ3n) is 13.1. The molecule has 0 aliphatic rings. The molecule has 0 heterocycles. The van der Waals surface area contributed by atoms with E-state index in [2.05, 4.69) is 44.3 Å². The monoisotopic (exact) mass is 993 g/mol. The second-order valence-corrected chi connectivity index (χ2v) is 22.6. The molecule has 0 radical (unpaired) electrons. The molecule has 3 unspecified atom stereocenters. The fraction of sp³-hybridized carbons (Fsp3) is 0.864. The second kappa shape index (κ2) is 49.8. The molecule has 1 N–H and O–H groups in total. The van der Waals surface area contributed by atoms with E-state index in [0.717, 1.165) is 51.4 Å². The number of esters is 1. The number of phosphoric acid groups is 1. The van der Waals surface area contributed by atoms with E-state index in [1.807, 2.05) is 39.4 Å². The molecule has 0 aromatic carbocycles. The number of allylic oxidation sites excluding steroid dienone is 5. The van der Waals surface area contributed by atoms with Crippen LogP contribution in [0.1, 0.15) is 278 Å². The third kappa shape index (κ3) is 51.0. The van der Waals surface area contributed by atoms with Crippen molar-refractivity contribution in [2.75, 3.05) is 40.9 Å². The zero-order valence-corrected chi connectivity index (χ0v) is 47.2. The number of amides is 1. The first-order valence-electron chi connectivity index (χ1n) is 29.3. The van der Waals surface area contributed by atoms with Crippen molar-refractivity contribution in [1.29, 1.82) is 0 Å². The zero-order chi connectivity index (χ0) is 50.8. The van der Waals surface area contributed by atoms with Gasteiger partial charge < -0.3 is 28.5 Å². The van der Waals surface area contributed by atoms with Gasteiger partial charge in [-0.15, -0.1) is 0 Å². The van der Waals surface area contributed by atoms with Crippen LogP contribution in [0.5, 0.6) is 0 Å². The van der Waals surface area contributed by atoms with Gasteiger partial charge in [0.15, 0.2) is 0 Å². The molecule has 0 aromatic heterocycles. The minimum Gasteiger partial charge on any atom is -0.756 e. The van der Waals surface area contributed by atoms with Gasteiger partial charge in [-0.3, -0.25) is 14.2 Å². The molecule has 406 valence electrons. The summed E-state index contributed by atoms with van der Waals surface area (Å²) in [5.74, 6) is -0.608. The van der Waals surface area contributed by atoms with Crippen LogP contribution in [0.15, 0.2) is 36.5 Å². The number of carbonyl (C=O) groups is 2. The van der Waals surface area contributed by atoms with Crippen molar-refractivity contribution in [2.24, 2.45) is 0 Å². The largest absolute Gasteiger partial charge is 0.756 e. The van der Waals surface area contributed by atoms with Crippen LogP contribution in [0.4, 0.5) is 0 Å². The molecule has 0 fully saturated rings. The Morgan fingerprint density at radius 3 is 1.33 bits per heavy atom. The van der Waals surface area contributed by atoms with Crippen molar-refractivity contribution in [3.8, 4) is 0 Å². The Hall–Kier alpha value is -1.77. The summed E-state index contributed by atoms with van der Waals surface area (Å²) in [7, 11) is 1.16. The fourth-order valence-electron chi connectivity index (χ4n) is 8.51. The van der Waals surface area contributed by atoms with Gasteiger partial charge in [0.05, 0.1) is 33.8 Å². The van der Waals surface area contributed by atoms with Crippen LogP contribution in [0, 0.1) is 0 Å². The lowest BCUT2D eigenvalue weighted by Gasteiger charge is -2.30. The minimum atomic E-state index is -4.70. The Morgan fingerprint density at radius 1 is 0.507 bits per heavy atom. The van der Waals surface area contributed by atoms with Crippen LogP contribution in [0.2, 0.25) is 0 Å². The molecule has 0 spiro atoms. The van der Waals surface area contributed by atoms with E-state index in [9.17, 15) is 19.0 Å². The molecule has 0 bridgehead atoms. The van der Waals surface area contributed by atoms with Crippen molar-refractivity contribution < 1.29 is 37.3 Å². The summed E-state index contributed by atoms with van der Waals surface area (Å²) >= 11 is 0. The molecule has 0 rings (SSSR count). The highest BCUT2D eigenvalue weighted by Gasteiger charge is 2.27. The number of hydrogen-bond acceptors (Lipinski definition) is 7. The van der Waals surface area contributed by atoms with Crippen LogP contribution in [0.25, 0.3) is 0 Å². The Morgan fingerprint density at radius 2 is 0.899 bits per heavy atom. The van der Waals surface area contributed by atoms with Gasteiger partial charge in [-0.1, -0.05) is 250 Å². The number of likely N-dealkylation sites (N-methyl/N-ethyl adjacent to an activating group) is 1. The highest BCUT2D eigenvalue weighted by molar-refractivity contribution is 7.45. The lowest BCUT2D eigenvalue weighted by Crippen LogP contribution is -2.47. The summed E-state index contributed by atoms with van der Waals surface area (Å²) in [6, 6.07) is -0.913. The van der Waals surface area contributed by atoms with E-state index in [1.54, 1.807) is 0 Å². The van der Waals surface area contributed by atoms with Gasteiger partial charge in [-0.25, -0.2) is 0 Å². The van der Waals surface area contributed by atoms with Crippen molar-refractivity contribution in [3.63, 3.8) is 0 Å². The van der Waals surface area contributed by atoms with Gasteiger partial charge >= 0.3 is 5.97 Å². The van der Waals surface area contributed by atoms with Gasteiger partial charge in [-0.2, -0.15) is 0 Å². The van der Waals surface area contributed by atoms with Gasteiger partial charge in [0.2, 0.25) is 5.91 Å². The molecule has 69 heavy (non-hydrogen) atoms. The molecule has 0 saturated heterocycles. The number of ether oxygens (including phenoxy) is 1. The number of carbonyl (C=O) groups excluding carboxylic acids is 2. The Labute approximate surface area is 427 Å². The van der Waals surface area contributed by atoms with Crippen molar-refractivity contribution in [2.45, 2.75) is 290 Å². The number of rotatable bonds is 53. The Bertz CT molecular complexity index is 1280.